The molecule has 11 heteroatoms. The lowest BCUT2D eigenvalue weighted by molar-refractivity contribution is -0.124. The number of rotatable bonds is 7. The topological polar surface area (TPSA) is 127 Å². The van der Waals surface area contributed by atoms with Crippen molar-refractivity contribution >= 4 is 34.9 Å². The third kappa shape index (κ3) is 4.83. The first-order valence-electron chi connectivity index (χ1n) is 9.57. The zero-order valence-electron chi connectivity index (χ0n) is 16.6. The quantitative estimate of drug-likeness (QED) is 0.538. The summed E-state index contributed by atoms with van der Waals surface area (Å²) in [7, 11) is 0. The number of hydrogen-bond donors (Lipinski definition) is 1. The lowest BCUT2D eigenvalue weighted by atomic mass is 10.2. The number of nitrogens with one attached hydrogen (secondary N) is 1. The van der Waals surface area contributed by atoms with E-state index >= 15 is 0 Å². The van der Waals surface area contributed by atoms with E-state index in [0.29, 0.717) is 11.1 Å². The summed E-state index contributed by atoms with van der Waals surface area (Å²) in [6.07, 6.45) is 4.79. The second kappa shape index (κ2) is 9.43. The lowest BCUT2D eigenvalue weighted by Crippen LogP contribution is -2.39. The van der Waals surface area contributed by atoms with E-state index in [1.54, 1.807) is 54.9 Å². The number of carbonyl (C=O) groups is 3. The van der Waals surface area contributed by atoms with Crippen molar-refractivity contribution in [2.45, 2.75) is 6.54 Å². The molecule has 0 spiro atoms. The summed E-state index contributed by atoms with van der Waals surface area (Å²) in [5.41, 5.74) is 1.32. The molecule has 1 N–H and O–H groups in total. The summed E-state index contributed by atoms with van der Waals surface area (Å²) in [6.45, 7) is -0.309. The van der Waals surface area contributed by atoms with Crippen molar-refractivity contribution in [3.05, 3.63) is 75.9 Å². The third-order valence-corrected chi connectivity index (χ3v) is 5.34. The Balaban J connectivity index is 1.31. The monoisotopic (exact) mass is 451 g/mol. The molecule has 1 saturated heterocycles. The molecule has 0 radical (unpaired) electrons. The van der Waals surface area contributed by atoms with Gasteiger partial charge < -0.3 is 9.73 Å². The van der Waals surface area contributed by atoms with Crippen LogP contribution in [0.2, 0.25) is 0 Å². The van der Waals surface area contributed by atoms with E-state index in [1.807, 2.05) is 6.07 Å². The standard InChI is InChI=1S/C21H17N5O5S/c27-17(13-26-20(29)31-18(24-26)15-6-2-1-3-7-15)23-9-10-25-19(28)16(32-21(25)30)11-14-5-4-8-22-12-14/h1-8,11-12H,9-10,13H2,(H,23,27)/b16-11+. The molecule has 0 atom stereocenters. The largest absolute Gasteiger partial charge is 0.437 e. The Morgan fingerprint density at radius 2 is 1.94 bits per heavy atom. The number of hydrogen-bond acceptors (Lipinski definition) is 8. The maximum atomic E-state index is 12.5. The summed E-state index contributed by atoms with van der Waals surface area (Å²) in [6, 6.07) is 12.3. The van der Waals surface area contributed by atoms with E-state index in [2.05, 4.69) is 15.4 Å². The first-order chi connectivity index (χ1) is 15.5. The minimum absolute atomic E-state index is 0.00374. The van der Waals surface area contributed by atoms with Crippen molar-refractivity contribution in [3.8, 4) is 11.5 Å². The molecule has 2 aromatic heterocycles. The van der Waals surface area contributed by atoms with Gasteiger partial charge in [0.25, 0.3) is 11.1 Å². The molecule has 0 aliphatic carbocycles. The van der Waals surface area contributed by atoms with Crippen LogP contribution in [0.15, 0.2) is 69.0 Å². The molecule has 0 unspecified atom stereocenters. The van der Waals surface area contributed by atoms with Crippen LogP contribution in [0.3, 0.4) is 0 Å². The van der Waals surface area contributed by atoms with Crippen molar-refractivity contribution in [3.63, 3.8) is 0 Å². The maximum Gasteiger partial charge on any atom is 0.437 e. The summed E-state index contributed by atoms with van der Waals surface area (Å²) in [4.78, 5) is 54.1. The van der Waals surface area contributed by atoms with Crippen LogP contribution in [0, 0.1) is 0 Å². The van der Waals surface area contributed by atoms with Crippen LogP contribution in [-0.2, 0) is 16.1 Å². The van der Waals surface area contributed by atoms with Crippen LogP contribution in [-0.4, -0.2) is 49.8 Å². The van der Waals surface area contributed by atoms with E-state index in [-0.39, 0.29) is 30.4 Å². The van der Waals surface area contributed by atoms with Gasteiger partial charge >= 0.3 is 5.76 Å². The van der Waals surface area contributed by atoms with E-state index in [4.69, 9.17) is 4.42 Å². The predicted octanol–water partition coefficient (Wildman–Crippen LogP) is 1.75. The molecule has 1 fully saturated rings. The van der Waals surface area contributed by atoms with E-state index in [0.717, 1.165) is 21.3 Å². The second-order valence-corrected chi connectivity index (χ2v) is 7.66. The number of thioether (sulfide) groups is 1. The predicted molar refractivity (Wildman–Crippen MR) is 116 cm³/mol. The Hall–Kier alpha value is -3.99. The van der Waals surface area contributed by atoms with Crippen LogP contribution in [0.1, 0.15) is 5.56 Å². The molecular weight excluding hydrogens is 434 g/mol. The van der Waals surface area contributed by atoms with Gasteiger partial charge in [-0.2, -0.15) is 4.68 Å². The molecule has 3 heterocycles. The average Bonchev–Trinajstić information content (AvgIpc) is 3.29. The van der Waals surface area contributed by atoms with Crippen LogP contribution < -0.4 is 11.1 Å². The number of benzene rings is 1. The first-order valence-corrected chi connectivity index (χ1v) is 10.4. The molecular formula is C21H17N5O5S. The highest BCUT2D eigenvalue weighted by Crippen LogP contribution is 2.31. The van der Waals surface area contributed by atoms with Gasteiger partial charge in [-0.25, -0.2) is 4.79 Å². The summed E-state index contributed by atoms with van der Waals surface area (Å²) < 4.78 is 5.99. The minimum atomic E-state index is -0.759. The molecule has 3 amide bonds. The van der Waals surface area contributed by atoms with Gasteiger partial charge in [-0.15, -0.1) is 5.10 Å². The Morgan fingerprint density at radius 1 is 1.12 bits per heavy atom. The van der Waals surface area contributed by atoms with Gasteiger partial charge in [0, 0.05) is 31.0 Å². The lowest BCUT2D eigenvalue weighted by Gasteiger charge is -2.12. The molecule has 1 aliphatic heterocycles. The fourth-order valence-electron chi connectivity index (χ4n) is 2.91. The molecule has 1 aromatic carbocycles. The van der Waals surface area contributed by atoms with Crippen molar-refractivity contribution < 1.29 is 18.8 Å². The molecule has 10 nitrogen and oxygen atoms in total. The van der Waals surface area contributed by atoms with Crippen LogP contribution in [0.5, 0.6) is 0 Å². The zero-order chi connectivity index (χ0) is 22.5. The highest BCUT2D eigenvalue weighted by atomic mass is 32.2. The fourth-order valence-corrected chi connectivity index (χ4v) is 3.77. The van der Waals surface area contributed by atoms with Crippen molar-refractivity contribution in [1.82, 2.24) is 25.0 Å². The summed E-state index contributed by atoms with van der Waals surface area (Å²) in [5, 5.41) is 6.18. The Kier molecular flexibility index (Phi) is 6.26. The van der Waals surface area contributed by atoms with E-state index < -0.39 is 22.8 Å². The number of carbonyl (C=O) groups excluding carboxylic acids is 3. The van der Waals surface area contributed by atoms with Gasteiger partial charge in [0.05, 0.1) is 4.91 Å². The molecule has 3 aromatic rings. The smallest absolute Gasteiger partial charge is 0.388 e. The Morgan fingerprint density at radius 3 is 2.69 bits per heavy atom. The number of pyridine rings is 1. The van der Waals surface area contributed by atoms with Crippen molar-refractivity contribution in [1.29, 1.82) is 0 Å². The summed E-state index contributed by atoms with van der Waals surface area (Å²) in [5.74, 6) is -1.58. The molecule has 4 rings (SSSR count). The van der Waals surface area contributed by atoms with Gasteiger partial charge in [-0.05, 0) is 41.6 Å². The number of imide groups is 1. The maximum absolute atomic E-state index is 12.5. The van der Waals surface area contributed by atoms with E-state index in [9.17, 15) is 19.2 Å². The van der Waals surface area contributed by atoms with Crippen molar-refractivity contribution in [2.24, 2.45) is 0 Å². The summed E-state index contributed by atoms with van der Waals surface area (Å²) >= 11 is 0.831. The molecule has 162 valence electrons. The fraction of sp³-hybridized carbons (Fsp3) is 0.143. The molecule has 0 saturated carbocycles. The Bertz CT molecular complexity index is 1240. The van der Waals surface area contributed by atoms with Crippen LogP contribution >= 0.6 is 11.8 Å². The number of amides is 3. The SMILES string of the molecule is O=C(Cn1nc(-c2ccccc2)oc1=O)NCCN1C(=O)S/C(=C/c2cccnc2)C1=O. The molecule has 0 bridgehead atoms. The van der Waals surface area contributed by atoms with E-state index in [1.165, 1.54) is 0 Å². The van der Waals surface area contributed by atoms with Gasteiger partial charge in [-0.1, -0.05) is 24.3 Å². The highest BCUT2D eigenvalue weighted by molar-refractivity contribution is 8.18. The Labute approximate surface area is 185 Å². The van der Waals surface area contributed by atoms with Crippen LogP contribution in [0.4, 0.5) is 4.79 Å². The zero-order valence-corrected chi connectivity index (χ0v) is 17.4. The molecule has 32 heavy (non-hydrogen) atoms. The normalized spacial score (nSPS) is 14.9. The van der Waals surface area contributed by atoms with Gasteiger partial charge in [0.1, 0.15) is 6.54 Å². The number of aromatic nitrogens is 3. The number of nitrogens with zero attached hydrogens (tertiary/aromatic N) is 4. The van der Waals surface area contributed by atoms with Gasteiger partial charge in [0.2, 0.25) is 11.8 Å². The van der Waals surface area contributed by atoms with Crippen LogP contribution in [0.25, 0.3) is 17.5 Å². The van der Waals surface area contributed by atoms with Gasteiger partial charge in [-0.3, -0.25) is 24.3 Å². The van der Waals surface area contributed by atoms with Gasteiger partial charge in [0.15, 0.2) is 0 Å². The second-order valence-electron chi connectivity index (χ2n) is 6.67. The average molecular weight is 451 g/mol. The minimum Gasteiger partial charge on any atom is -0.388 e. The highest BCUT2D eigenvalue weighted by Gasteiger charge is 2.34. The first kappa shape index (κ1) is 21.2. The van der Waals surface area contributed by atoms with Crippen molar-refractivity contribution in [2.75, 3.05) is 13.1 Å². The molecule has 1 aliphatic rings. The third-order valence-electron chi connectivity index (χ3n) is 4.43.